The summed E-state index contributed by atoms with van der Waals surface area (Å²) in [6.45, 7) is 19.3. The molecule has 2 unspecified atom stereocenters. The first kappa shape index (κ1) is 30.5. The van der Waals surface area contributed by atoms with E-state index in [2.05, 4.69) is 141 Å². The highest BCUT2D eigenvalue weighted by molar-refractivity contribution is 6.89. The zero-order valence-corrected chi connectivity index (χ0v) is 29.3. The number of hydrogen-bond acceptors (Lipinski definition) is 1. The van der Waals surface area contributed by atoms with Crippen molar-refractivity contribution in [3.8, 4) is 33.6 Å². The standard InChI is InChI=1S/C42H47N3Si/c1-28(2)22-32-24-40-34-17-12-11-16-33(34)35-19-20-38-36(18-13-21-43-38)41-25-37(31-14-9-8-10-15-31)29(3)26-44(41)30(4)23-39(35)45(40)27-42(32)46(5,6)7/h8-18,21,24-28,35,39H,4,19-20,22-23H2,1-3,5-7H3/q+2. The molecule has 0 radical (unpaired) electrons. The van der Waals surface area contributed by atoms with Crippen LogP contribution in [0.2, 0.25) is 19.6 Å². The van der Waals surface area contributed by atoms with Crippen LogP contribution in [0.4, 0.5) is 0 Å². The average Bonchev–Trinajstić information content (AvgIpc) is 3.03. The van der Waals surface area contributed by atoms with E-state index in [1.807, 2.05) is 6.20 Å². The van der Waals surface area contributed by atoms with Crippen molar-refractivity contribution >= 4 is 19.0 Å². The van der Waals surface area contributed by atoms with Crippen LogP contribution >= 0.6 is 0 Å². The maximum Gasteiger partial charge on any atom is 0.220 e. The SMILES string of the molecule is C=C1CC2C(CCc3ncccc3-c3cc(-c4ccccc4)c(C)c[n+]31)c1ccccc1-c1cc(CC(C)C)c([Si](C)(C)C)c[n+]12. The van der Waals surface area contributed by atoms with Gasteiger partial charge < -0.3 is 0 Å². The Morgan fingerprint density at radius 2 is 1.61 bits per heavy atom. The molecule has 4 heteroatoms. The van der Waals surface area contributed by atoms with Gasteiger partial charge in [0, 0.05) is 40.6 Å². The summed E-state index contributed by atoms with van der Waals surface area (Å²) in [5, 5.41) is 1.59. The zero-order valence-electron chi connectivity index (χ0n) is 28.3. The molecule has 0 amide bonds. The molecule has 2 aliphatic rings. The van der Waals surface area contributed by atoms with Gasteiger partial charge in [-0.05, 0) is 79.1 Å². The van der Waals surface area contributed by atoms with E-state index in [0.717, 1.165) is 37.1 Å². The second kappa shape index (κ2) is 11.9. The van der Waals surface area contributed by atoms with Gasteiger partial charge in [0.15, 0.2) is 24.1 Å². The van der Waals surface area contributed by atoms with Crippen LogP contribution in [-0.4, -0.2) is 13.1 Å². The monoisotopic (exact) mass is 621 g/mol. The molecule has 0 saturated carbocycles. The molecule has 46 heavy (non-hydrogen) atoms. The fourth-order valence-electron chi connectivity index (χ4n) is 7.98. The second-order valence-electron chi connectivity index (χ2n) is 14.9. The number of fused-ring (bicyclic) bond motifs is 9. The van der Waals surface area contributed by atoms with Crippen molar-refractivity contribution in [2.75, 3.05) is 0 Å². The van der Waals surface area contributed by atoms with Gasteiger partial charge in [-0.1, -0.05) is 82.0 Å². The molecule has 0 fully saturated rings. The first-order chi connectivity index (χ1) is 22.1. The van der Waals surface area contributed by atoms with Crippen molar-refractivity contribution in [1.29, 1.82) is 0 Å². The van der Waals surface area contributed by atoms with Crippen molar-refractivity contribution in [1.82, 2.24) is 4.98 Å². The van der Waals surface area contributed by atoms with Crippen molar-refractivity contribution in [3.63, 3.8) is 0 Å². The normalized spacial score (nSPS) is 17.4. The predicted molar refractivity (Wildman–Crippen MR) is 194 cm³/mol. The van der Waals surface area contributed by atoms with Crippen LogP contribution in [0.1, 0.15) is 61.0 Å². The van der Waals surface area contributed by atoms with Gasteiger partial charge in [-0.2, -0.15) is 9.13 Å². The van der Waals surface area contributed by atoms with Crippen molar-refractivity contribution in [2.24, 2.45) is 5.92 Å². The minimum atomic E-state index is -1.62. The Labute approximate surface area is 276 Å². The van der Waals surface area contributed by atoms with Crippen LogP contribution in [0, 0.1) is 12.8 Å². The molecule has 2 aliphatic heterocycles. The minimum absolute atomic E-state index is 0.264. The van der Waals surface area contributed by atoms with E-state index in [-0.39, 0.29) is 6.04 Å². The van der Waals surface area contributed by atoms with E-state index in [0.29, 0.717) is 11.8 Å². The number of benzene rings is 2. The highest BCUT2D eigenvalue weighted by Crippen LogP contribution is 2.44. The lowest BCUT2D eigenvalue weighted by Crippen LogP contribution is -2.54. The number of pyridine rings is 3. The van der Waals surface area contributed by atoms with Gasteiger partial charge in [-0.3, -0.25) is 4.98 Å². The van der Waals surface area contributed by atoms with E-state index in [1.54, 1.807) is 5.19 Å². The Morgan fingerprint density at radius 3 is 2.37 bits per heavy atom. The summed E-state index contributed by atoms with van der Waals surface area (Å²) in [7, 11) is -1.62. The second-order valence-corrected chi connectivity index (χ2v) is 20.0. The van der Waals surface area contributed by atoms with E-state index in [4.69, 9.17) is 11.6 Å². The van der Waals surface area contributed by atoms with Crippen LogP contribution in [0.25, 0.3) is 39.3 Å². The van der Waals surface area contributed by atoms with Crippen molar-refractivity contribution in [2.45, 2.75) is 78.1 Å². The Hall–Kier alpha value is -4.15. The number of allylic oxidation sites excluding steroid dienone is 1. The maximum atomic E-state index is 5.02. The topological polar surface area (TPSA) is 20.6 Å². The molecule has 0 bridgehead atoms. The number of rotatable bonds is 4. The first-order valence-electron chi connectivity index (χ1n) is 17.0. The van der Waals surface area contributed by atoms with E-state index in [9.17, 15) is 0 Å². The summed E-state index contributed by atoms with van der Waals surface area (Å²) in [6, 6.07) is 29.5. The molecule has 0 spiro atoms. The smallest absolute Gasteiger partial charge is 0.220 e. The summed E-state index contributed by atoms with van der Waals surface area (Å²) in [6.07, 6.45) is 10.8. The zero-order chi connectivity index (χ0) is 32.2. The summed E-state index contributed by atoms with van der Waals surface area (Å²) >= 11 is 0. The van der Waals surface area contributed by atoms with Gasteiger partial charge in [0.2, 0.25) is 11.4 Å². The summed E-state index contributed by atoms with van der Waals surface area (Å²) in [5.41, 5.74) is 14.2. The Bertz CT molecular complexity index is 1950. The van der Waals surface area contributed by atoms with Gasteiger partial charge in [-0.15, -0.1) is 0 Å². The predicted octanol–water partition coefficient (Wildman–Crippen LogP) is 8.86. The summed E-state index contributed by atoms with van der Waals surface area (Å²) in [5.74, 6) is 0.972. The third kappa shape index (κ3) is 5.47. The van der Waals surface area contributed by atoms with Crippen molar-refractivity contribution in [3.05, 3.63) is 126 Å². The van der Waals surface area contributed by atoms with Crippen LogP contribution < -0.4 is 14.3 Å². The molecule has 3 nitrogen and oxygen atoms in total. The average molecular weight is 622 g/mol. The third-order valence-corrected chi connectivity index (χ3v) is 12.2. The molecule has 5 aromatic rings. The molecule has 5 heterocycles. The van der Waals surface area contributed by atoms with E-state index in [1.165, 1.54) is 50.3 Å². The summed E-state index contributed by atoms with van der Waals surface area (Å²) in [4.78, 5) is 5.02. The molecular formula is C42H47N3Si+2. The van der Waals surface area contributed by atoms with Gasteiger partial charge in [0.1, 0.15) is 0 Å². The van der Waals surface area contributed by atoms with Gasteiger partial charge in [0.05, 0.1) is 25.8 Å². The summed E-state index contributed by atoms with van der Waals surface area (Å²) < 4.78 is 5.04. The lowest BCUT2D eigenvalue weighted by molar-refractivity contribution is -0.719. The fourth-order valence-corrected chi connectivity index (χ4v) is 9.64. The van der Waals surface area contributed by atoms with Crippen LogP contribution in [0.5, 0.6) is 0 Å². The molecule has 232 valence electrons. The van der Waals surface area contributed by atoms with Gasteiger partial charge in [0.25, 0.3) is 0 Å². The van der Waals surface area contributed by atoms with Gasteiger partial charge in [-0.25, -0.2) is 0 Å². The molecule has 2 atom stereocenters. The largest absolute Gasteiger partial charge is 0.260 e. The number of nitrogens with zero attached hydrogens (tertiary/aromatic N) is 3. The number of aromatic nitrogens is 3. The molecule has 0 N–H and O–H groups in total. The highest BCUT2D eigenvalue weighted by atomic mass is 28.3. The lowest BCUT2D eigenvalue weighted by atomic mass is 9.77. The van der Waals surface area contributed by atoms with E-state index >= 15 is 0 Å². The number of aryl methyl sites for hydroxylation is 2. The first-order valence-corrected chi connectivity index (χ1v) is 20.5. The molecule has 3 aromatic heterocycles. The van der Waals surface area contributed by atoms with Crippen LogP contribution in [0.15, 0.2) is 104 Å². The van der Waals surface area contributed by atoms with E-state index < -0.39 is 8.07 Å². The fraction of sp³-hybridized carbons (Fsp3) is 0.310. The lowest BCUT2D eigenvalue weighted by Gasteiger charge is -2.33. The molecule has 0 saturated heterocycles. The van der Waals surface area contributed by atoms with Gasteiger partial charge >= 0.3 is 0 Å². The highest BCUT2D eigenvalue weighted by Gasteiger charge is 2.44. The minimum Gasteiger partial charge on any atom is -0.260 e. The third-order valence-electron chi connectivity index (χ3n) is 10.1. The Kier molecular flexibility index (Phi) is 7.88. The van der Waals surface area contributed by atoms with Crippen LogP contribution in [-0.2, 0) is 12.8 Å². The molecular weight excluding hydrogens is 575 g/mol. The molecule has 7 rings (SSSR count). The molecule has 2 aromatic carbocycles. The maximum absolute atomic E-state index is 5.02. The van der Waals surface area contributed by atoms with Crippen molar-refractivity contribution < 1.29 is 9.13 Å². The molecule has 0 aliphatic carbocycles. The van der Waals surface area contributed by atoms with Crippen LogP contribution in [0.3, 0.4) is 0 Å². The number of hydrogen-bond donors (Lipinski definition) is 0. The Morgan fingerprint density at radius 1 is 0.870 bits per heavy atom. The quantitative estimate of drug-likeness (QED) is 0.145. The Balaban J connectivity index is 1.44.